The first-order valence-electron chi connectivity index (χ1n) is 10.0. The van der Waals surface area contributed by atoms with Gasteiger partial charge in [0, 0.05) is 49.0 Å². The SMILES string of the molecule is CCN(CC)c1ccc(C(F)(F)F)cc1NC(=O)c1ccncc1.NC(=O)c1ccncc1. The number of nitrogens with two attached hydrogens (primary N) is 1. The second-order valence-electron chi connectivity index (χ2n) is 6.69. The summed E-state index contributed by atoms with van der Waals surface area (Å²) in [4.78, 5) is 32.1. The van der Waals surface area contributed by atoms with Crippen LogP contribution in [-0.2, 0) is 6.18 Å². The second kappa shape index (κ2) is 11.6. The maximum absolute atomic E-state index is 13.0. The first kappa shape index (κ1) is 25.3. The smallest absolute Gasteiger partial charge is 0.370 e. The van der Waals surface area contributed by atoms with Crippen molar-refractivity contribution in [1.82, 2.24) is 9.97 Å². The molecule has 33 heavy (non-hydrogen) atoms. The third-order valence-corrected chi connectivity index (χ3v) is 4.58. The van der Waals surface area contributed by atoms with Crippen LogP contribution in [0, 0.1) is 0 Å². The average molecular weight is 459 g/mol. The number of pyridine rings is 2. The fourth-order valence-electron chi connectivity index (χ4n) is 2.87. The fourth-order valence-corrected chi connectivity index (χ4v) is 2.87. The molecule has 1 aromatic carbocycles. The molecule has 7 nitrogen and oxygen atoms in total. The summed E-state index contributed by atoms with van der Waals surface area (Å²) in [6.45, 7) is 5.02. The number of carbonyl (C=O) groups excluding carboxylic acids is 2. The molecule has 0 aliphatic heterocycles. The molecule has 0 aliphatic rings. The van der Waals surface area contributed by atoms with Gasteiger partial charge in [-0.3, -0.25) is 19.6 Å². The Morgan fingerprint density at radius 3 is 1.85 bits per heavy atom. The summed E-state index contributed by atoms with van der Waals surface area (Å²) in [7, 11) is 0. The maximum atomic E-state index is 13.0. The van der Waals surface area contributed by atoms with Gasteiger partial charge in [0.15, 0.2) is 0 Å². The van der Waals surface area contributed by atoms with Crippen molar-refractivity contribution >= 4 is 23.2 Å². The molecule has 3 rings (SSSR count). The minimum absolute atomic E-state index is 0.135. The molecule has 2 heterocycles. The van der Waals surface area contributed by atoms with Crippen molar-refractivity contribution in [2.45, 2.75) is 20.0 Å². The first-order valence-corrected chi connectivity index (χ1v) is 10.0. The van der Waals surface area contributed by atoms with Gasteiger partial charge in [0.25, 0.3) is 5.91 Å². The number of amides is 2. The number of aromatic nitrogens is 2. The average Bonchev–Trinajstić information content (AvgIpc) is 2.81. The lowest BCUT2D eigenvalue weighted by Gasteiger charge is -2.25. The molecule has 0 unspecified atom stereocenters. The van der Waals surface area contributed by atoms with E-state index in [1.54, 1.807) is 12.1 Å². The Bertz CT molecular complexity index is 1060. The van der Waals surface area contributed by atoms with Crippen LogP contribution >= 0.6 is 0 Å². The van der Waals surface area contributed by atoms with Crippen molar-refractivity contribution in [2.24, 2.45) is 5.73 Å². The summed E-state index contributed by atoms with van der Waals surface area (Å²) >= 11 is 0. The molecule has 0 radical (unpaired) electrons. The van der Waals surface area contributed by atoms with Crippen LogP contribution in [0.15, 0.2) is 67.3 Å². The maximum Gasteiger partial charge on any atom is 0.416 e. The number of halogens is 3. The highest BCUT2D eigenvalue weighted by Gasteiger charge is 2.31. The fraction of sp³-hybridized carbons (Fsp3) is 0.217. The summed E-state index contributed by atoms with van der Waals surface area (Å²) in [5.41, 5.74) is 5.65. The van der Waals surface area contributed by atoms with Crippen LogP contribution in [0.25, 0.3) is 0 Å². The number of nitrogens with one attached hydrogen (secondary N) is 1. The molecule has 3 aromatic rings. The molecular weight excluding hydrogens is 435 g/mol. The predicted molar refractivity (Wildman–Crippen MR) is 120 cm³/mol. The molecule has 10 heteroatoms. The van der Waals surface area contributed by atoms with E-state index in [1.165, 1.54) is 43.0 Å². The molecule has 174 valence electrons. The van der Waals surface area contributed by atoms with Crippen LogP contribution in [0.3, 0.4) is 0 Å². The first-order chi connectivity index (χ1) is 15.7. The highest BCUT2D eigenvalue weighted by molar-refractivity contribution is 6.06. The van der Waals surface area contributed by atoms with Crippen molar-refractivity contribution < 1.29 is 22.8 Å². The van der Waals surface area contributed by atoms with E-state index in [9.17, 15) is 22.8 Å². The lowest BCUT2D eigenvalue weighted by atomic mass is 10.1. The molecule has 0 aliphatic carbocycles. The molecule has 2 aromatic heterocycles. The number of nitrogens with zero attached hydrogens (tertiary/aromatic N) is 3. The van der Waals surface area contributed by atoms with Crippen LogP contribution < -0.4 is 16.0 Å². The minimum Gasteiger partial charge on any atom is -0.370 e. The number of carbonyl (C=O) groups is 2. The van der Waals surface area contributed by atoms with E-state index in [0.717, 1.165) is 12.1 Å². The summed E-state index contributed by atoms with van der Waals surface area (Å²) in [6.07, 6.45) is 1.48. The standard InChI is InChI=1S/C17H18F3N3O.C6H6N2O/c1-3-23(4-2)15-6-5-13(17(18,19)20)11-14(15)22-16(24)12-7-9-21-10-8-12;7-6(9)5-1-3-8-4-2-5/h5-11H,3-4H2,1-2H3,(H,22,24);1-4H,(H2,7,9). The molecular formula is C23H24F3N5O2. The highest BCUT2D eigenvalue weighted by Crippen LogP contribution is 2.35. The molecule has 0 atom stereocenters. The Balaban J connectivity index is 0.000000357. The largest absolute Gasteiger partial charge is 0.416 e. The zero-order valence-electron chi connectivity index (χ0n) is 18.1. The number of primary amides is 1. The monoisotopic (exact) mass is 459 g/mol. The molecule has 0 spiro atoms. The number of benzene rings is 1. The molecule has 2 amide bonds. The lowest BCUT2D eigenvalue weighted by molar-refractivity contribution is -0.137. The van der Waals surface area contributed by atoms with E-state index in [4.69, 9.17) is 5.73 Å². The Hall–Kier alpha value is -3.95. The van der Waals surface area contributed by atoms with Gasteiger partial charge in [0.05, 0.1) is 16.9 Å². The van der Waals surface area contributed by atoms with Crippen LogP contribution in [0.1, 0.15) is 40.1 Å². The molecule has 0 fully saturated rings. The Morgan fingerprint density at radius 1 is 0.909 bits per heavy atom. The molecule has 3 N–H and O–H groups in total. The van der Waals surface area contributed by atoms with Gasteiger partial charge in [-0.2, -0.15) is 13.2 Å². The normalized spacial score (nSPS) is 10.6. The van der Waals surface area contributed by atoms with Crippen molar-refractivity contribution in [2.75, 3.05) is 23.3 Å². The summed E-state index contributed by atoms with van der Waals surface area (Å²) in [5.74, 6) is -0.900. The third kappa shape index (κ3) is 7.30. The Labute approximate surface area is 189 Å². The van der Waals surface area contributed by atoms with Crippen LogP contribution in [0.2, 0.25) is 0 Å². The predicted octanol–water partition coefficient (Wildman–Crippen LogP) is 4.38. The van der Waals surface area contributed by atoms with Gasteiger partial charge >= 0.3 is 6.18 Å². The quantitative estimate of drug-likeness (QED) is 0.570. The van der Waals surface area contributed by atoms with E-state index < -0.39 is 23.6 Å². The van der Waals surface area contributed by atoms with Crippen molar-refractivity contribution in [3.63, 3.8) is 0 Å². The van der Waals surface area contributed by atoms with Gasteiger partial charge in [-0.25, -0.2) is 0 Å². The molecule has 0 saturated carbocycles. The van der Waals surface area contributed by atoms with Gasteiger partial charge < -0.3 is 16.0 Å². The number of hydrogen-bond donors (Lipinski definition) is 2. The highest BCUT2D eigenvalue weighted by atomic mass is 19.4. The summed E-state index contributed by atoms with van der Waals surface area (Å²) in [6, 6.07) is 9.52. The van der Waals surface area contributed by atoms with Gasteiger partial charge in [-0.1, -0.05) is 0 Å². The molecule has 0 bridgehead atoms. The Morgan fingerprint density at radius 2 is 1.42 bits per heavy atom. The van der Waals surface area contributed by atoms with Crippen LogP contribution in [0.4, 0.5) is 24.5 Å². The van der Waals surface area contributed by atoms with Crippen molar-refractivity contribution in [3.05, 3.63) is 83.9 Å². The zero-order valence-corrected chi connectivity index (χ0v) is 18.1. The number of rotatable bonds is 6. The Kier molecular flexibility index (Phi) is 8.90. The van der Waals surface area contributed by atoms with E-state index in [2.05, 4.69) is 15.3 Å². The molecule has 0 saturated heterocycles. The third-order valence-electron chi connectivity index (χ3n) is 4.58. The summed E-state index contributed by atoms with van der Waals surface area (Å²) < 4.78 is 39.0. The van der Waals surface area contributed by atoms with Gasteiger partial charge in [-0.05, 0) is 56.3 Å². The second-order valence-corrected chi connectivity index (χ2v) is 6.69. The van der Waals surface area contributed by atoms with Crippen molar-refractivity contribution in [1.29, 1.82) is 0 Å². The van der Waals surface area contributed by atoms with E-state index >= 15 is 0 Å². The topological polar surface area (TPSA) is 101 Å². The number of alkyl halides is 3. The lowest BCUT2D eigenvalue weighted by Crippen LogP contribution is -2.24. The van der Waals surface area contributed by atoms with Gasteiger partial charge in [0.2, 0.25) is 5.91 Å². The van der Waals surface area contributed by atoms with E-state index in [0.29, 0.717) is 29.9 Å². The zero-order chi connectivity index (χ0) is 24.4. The van der Waals surface area contributed by atoms with Crippen LogP contribution in [-0.4, -0.2) is 34.9 Å². The van der Waals surface area contributed by atoms with Gasteiger partial charge in [0.1, 0.15) is 0 Å². The van der Waals surface area contributed by atoms with Crippen LogP contribution in [0.5, 0.6) is 0 Å². The van der Waals surface area contributed by atoms with E-state index in [-0.39, 0.29) is 5.69 Å². The van der Waals surface area contributed by atoms with Crippen molar-refractivity contribution in [3.8, 4) is 0 Å². The minimum atomic E-state index is -4.47. The number of hydrogen-bond acceptors (Lipinski definition) is 5. The van der Waals surface area contributed by atoms with Gasteiger partial charge in [-0.15, -0.1) is 0 Å². The number of anilines is 2. The summed E-state index contributed by atoms with van der Waals surface area (Å²) in [5, 5.41) is 2.58. The van der Waals surface area contributed by atoms with E-state index in [1.807, 2.05) is 18.7 Å².